The Kier molecular flexibility index (Phi) is 20.6. The van der Waals surface area contributed by atoms with E-state index in [1.807, 2.05) is 0 Å². The largest absolute Gasteiger partial charge is 0.384 e. The summed E-state index contributed by atoms with van der Waals surface area (Å²) < 4.78 is 5.17. The van der Waals surface area contributed by atoms with Crippen molar-refractivity contribution < 1.29 is 4.74 Å². The molecule has 1 atom stereocenters. The van der Waals surface area contributed by atoms with E-state index < -0.39 is 0 Å². The molecule has 0 saturated heterocycles. The zero-order valence-electron chi connectivity index (χ0n) is 16.4. The van der Waals surface area contributed by atoms with Gasteiger partial charge < -0.3 is 4.74 Å². The number of rotatable bonds is 19. The van der Waals surface area contributed by atoms with E-state index in [1.165, 1.54) is 101 Å². The summed E-state index contributed by atoms with van der Waals surface area (Å²) in [5.74, 6) is 3.30. The molecule has 0 saturated carbocycles. The summed E-state index contributed by atoms with van der Waals surface area (Å²) in [4.78, 5) is 0. The lowest BCUT2D eigenvalue weighted by atomic mass is 10.0. The van der Waals surface area contributed by atoms with E-state index in [2.05, 4.69) is 25.6 Å². The maximum atomic E-state index is 5.17. The van der Waals surface area contributed by atoms with Crippen LogP contribution < -0.4 is 0 Å². The third kappa shape index (κ3) is 20.3. The predicted molar refractivity (Wildman–Crippen MR) is 109 cm³/mol. The van der Waals surface area contributed by atoms with Crippen molar-refractivity contribution in [3.63, 3.8) is 0 Å². The van der Waals surface area contributed by atoms with Gasteiger partial charge >= 0.3 is 0 Å². The molecule has 1 nitrogen and oxygen atoms in total. The Morgan fingerprint density at radius 1 is 0.696 bits per heavy atom. The third-order valence-electron chi connectivity index (χ3n) is 4.50. The number of hydrogen-bond acceptors (Lipinski definition) is 2. The SMILES string of the molecule is CCCCCCCCCCCCCCCCSCC(C)COC. The molecule has 0 aliphatic carbocycles. The summed E-state index contributed by atoms with van der Waals surface area (Å²) in [6.07, 6.45) is 20.3. The molecule has 0 aromatic carbocycles. The van der Waals surface area contributed by atoms with Crippen LogP contribution >= 0.6 is 11.8 Å². The zero-order valence-corrected chi connectivity index (χ0v) is 17.2. The Balaban J connectivity index is 3.00. The molecule has 0 spiro atoms. The van der Waals surface area contributed by atoms with Gasteiger partial charge in [-0.3, -0.25) is 0 Å². The summed E-state index contributed by atoms with van der Waals surface area (Å²) >= 11 is 2.11. The minimum Gasteiger partial charge on any atom is -0.384 e. The molecule has 0 amide bonds. The highest BCUT2D eigenvalue weighted by Crippen LogP contribution is 2.15. The van der Waals surface area contributed by atoms with E-state index >= 15 is 0 Å². The second-order valence-electron chi connectivity index (χ2n) is 7.23. The first-order chi connectivity index (χ1) is 11.3. The first-order valence-electron chi connectivity index (χ1n) is 10.4. The molecule has 0 heterocycles. The molecule has 0 aliphatic heterocycles. The Labute approximate surface area is 151 Å². The topological polar surface area (TPSA) is 9.23 Å². The number of unbranched alkanes of at least 4 members (excludes halogenated alkanes) is 13. The molecule has 23 heavy (non-hydrogen) atoms. The van der Waals surface area contributed by atoms with Crippen LogP contribution in [0.1, 0.15) is 104 Å². The van der Waals surface area contributed by atoms with Crippen LogP contribution in [0.3, 0.4) is 0 Å². The van der Waals surface area contributed by atoms with E-state index in [1.54, 1.807) is 7.11 Å². The summed E-state index contributed by atoms with van der Waals surface area (Å²) in [6.45, 7) is 5.48. The average Bonchev–Trinajstić information content (AvgIpc) is 2.54. The monoisotopic (exact) mass is 344 g/mol. The minimum atomic E-state index is 0.705. The zero-order chi connectivity index (χ0) is 17.0. The molecule has 0 aromatic heterocycles. The van der Waals surface area contributed by atoms with Crippen LogP contribution in [0.25, 0.3) is 0 Å². The highest BCUT2D eigenvalue weighted by Gasteiger charge is 2.00. The second-order valence-corrected chi connectivity index (χ2v) is 8.38. The lowest BCUT2D eigenvalue weighted by Gasteiger charge is -2.09. The van der Waals surface area contributed by atoms with Gasteiger partial charge in [0.15, 0.2) is 0 Å². The van der Waals surface area contributed by atoms with Crippen molar-refractivity contribution in [2.24, 2.45) is 5.92 Å². The number of methoxy groups -OCH3 is 1. The van der Waals surface area contributed by atoms with Gasteiger partial charge in [-0.05, 0) is 23.8 Å². The Bertz CT molecular complexity index is 208. The maximum absolute atomic E-state index is 5.17. The fraction of sp³-hybridized carbons (Fsp3) is 1.00. The average molecular weight is 345 g/mol. The summed E-state index contributed by atoms with van der Waals surface area (Å²) in [5.41, 5.74) is 0. The van der Waals surface area contributed by atoms with Crippen molar-refractivity contribution in [1.29, 1.82) is 0 Å². The van der Waals surface area contributed by atoms with Gasteiger partial charge in [0.1, 0.15) is 0 Å². The van der Waals surface area contributed by atoms with E-state index in [9.17, 15) is 0 Å². The molecule has 1 unspecified atom stereocenters. The Morgan fingerprint density at radius 3 is 1.57 bits per heavy atom. The summed E-state index contributed by atoms with van der Waals surface area (Å²) in [7, 11) is 1.80. The van der Waals surface area contributed by atoms with Gasteiger partial charge in [0.25, 0.3) is 0 Å². The lowest BCUT2D eigenvalue weighted by Crippen LogP contribution is -2.06. The number of thioether (sulfide) groups is 1. The molecular formula is C21H44OS. The standard InChI is InChI=1S/C21H44OS/c1-4-5-6-7-8-9-10-11-12-13-14-15-16-17-18-23-20-21(2)19-22-3/h21H,4-20H2,1-3H3. The van der Waals surface area contributed by atoms with Gasteiger partial charge in [0, 0.05) is 13.7 Å². The van der Waals surface area contributed by atoms with E-state index in [4.69, 9.17) is 4.74 Å². The molecule has 0 aliphatic rings. The van der Waals surface area contributed by atoms with Crippen molar-refractivity contribution in [2.45, 2.75) is 104 Å². The highest BCUT2D eigenvalue weighted by molar-refractivity contribution is 7.99. The fourth-order valence-corrected chi connectivity index (χ4v) is 4.09. The number of hydrogen-bond donors (Lipinski definition) is 0. The number of ether oxygens (including phenoxy) is 1. The van der Waals surface area contributed by atoms with Crippen LogP contribution in [0.2, 0.25) is 0 Å². The van der Waals surface area contributed by atoms with Gasteiger partial charge in [0.05, 0.1) is 0 Å². The summed E-state index contributed by atoms with van der Waals surface area (Å²) in [6, 6.07) is 0. The fourth-order valence-electron chi connectivity index (χ4n) is 3.02. The molecule has 0 N–H and O–H groups in total. The maximum Gasteiger partial charge on any atom is 0.0495 e. The Morgan fingerprint density at radius 2 is 1.13 bits per heavy atom. The van der Waals surface area contributed by atoms with Crippen LogP contribution in [0.4, 0.5) is 0 Å². The summed E-state index contributed by atoms with van der Waals surface area (Å²) in [5, 5.41) is 0. The van der Waals surface area contributed by atoms with E-state index in [0.717, 1.165) is 6.61 Å². The molecule has 2 heteroatoms. The predicted octanol–water partition coefficient (Wildman–Crippen LogP) is 7.48. The van der Waals surface area contributed by atoms with Gasteiger partial charge in [-0.2, -0.15) is 11.8 Å². The molecule has 0 fully saturated rings. The smallest absolute Gasteiger partial charge is 0.0495 e. The first kappa shape index (κ1) is 23.3. The van der Waals surface area contributed by atoms with Crippen LogP contribution in [-0.4, -0.2) is 25.2 Å². The molecule has 0 rings (SSSR count). The minimum absolute atomic E-state index is 0.705. The van der Waals surface area contributed by atoms with Crippen LogP contribution in [-0.2, 0) is 4.74 Å². The normalized spacial score (nSPS) is 12.7. The van der Waals surface area contributed by atoms with Crippen molar-refractivity contribution >= 4 is 11.8 Å². The van der Waals surface area contributed by atoms with E-state index in [0.29, 0.717) is 5.92 Å². The van der Waals surface area contributed by atoms with Gasteiger partial charge in [-0.15, -0.1) is 0 Å². The van der Waals surface area contributed by atoms with Gasteiger partial charge in [-0.25, -0.2) is 0 Å². The quantitative estimate of drug-likeness (QED) is 0.225. The van der Waals surface area contributed by atoms with Gasteiger partial charge in [0.2, 0.25) is 0 Å². The van der Waals surface area contributed by atoms with Crippen molar-refractivity contribution in [3.05, 3.63) is 0 Å². The lowest BCUT2D eigenvalue weighted by molar-refractivity contribution is 0.168. The highest BCUT2D eigenvalue weighted by atomic mass is 32.2. The third-order valence-corrected chi connectivity index (χ3v) is 5.88. The molecule has 0 radical (unpaired) electrons. The Hall–Kier alpha value is 0.310. The van der Waals surface area contributed by atoms with Crippen LogP contribution in [0.5, 0.6) is 0 Å². The van der Waals surface area contributed by atoms with Crippen LogP contribution in [0.15, 0.2) is 0 Å². The van der Waals surface area contributed by atoms with E-state index in [-0.39, 0.29) is 0 Å². The molecule has 140 valence electrons. The van der Waals surface area contributed by atoms with Crippen molar-refractivity contribution in [2.75, 3.05) is 25.2 Å². The molecule has 0 aromatic rings. The van der Waals surface area contributed by atoms with Gasteiger partial charge in [-0.1, -0.05) is 97.3 Å². The molecular weight excluding hydrogens is 300 g/mol. The van der Waals surface area contributed by atoms with Crippen molar-refractivity contribution in [3.8, 4) is 0 Å². The first-order valence-corrected chi connectivity index (χ1v) is 11.5. The second kappa shape index (κ2) is 20.4. The van der Waals surface area contributed by atoms with Crippen LogP contribution in [0, 0.1) is 5.92 Å². The molecule has 0 bridgehead atoms. The van der Waals surface area contributed by atoms with Crippen molar-refractivity contribution in [1.82, 2.24) is 0 Å².